The zero-order valence-corrected chi connectivity index (χ0v) is 20.8. The van der Waals surface area contributed by atoms with Gasteiger partial charge in [-0.2, -0.15) is 0 Å². The Hall–Kier alpha value is -2.86. The van der Waals surface area contributed by atoms with Crippen molar-refractivity contribution in [1.29, 1.82) is 0 Å². The number of aliphatic hydroxyl groups excluding tert-OH is 1. The predicted octanol–water partition coefficient (Wildman–Crippen LogP) is 2.21. The van der Waals surface area contributed by atoms with Crippen LogP contribution in [0.3, 0.4) is 0 Å². The van der Waals surface area contributed by atoms with E-state index in [0.29, 0.717) is 41.0 Å². The zero-order chi connectivity index (χ0) is 24.6. The number of aryl methyl sites for hydroxylation is 1. The molecule has 2 heterocycles. The highest BCUT2D eigenvalue weighted by Crippen LogP contribution is 2.30. The minimum atomic E-state index is -0.463. The normalized spacial score (nSPS) is 14.0. The SMILES string of the molecule is CN(C1CC1)C(C)(C)C#Cc1nc2c(c(=O)n(CCCO)c(=O)n2C)n1Cc1ccc(Cl)cc1. The van der Waals surface area contributed by atoms with Gasteiger partial charge in [-0.3, -0.25) is 18.8 Å². The number of fused-ring (bicyclic) bond motifs is 1. The van der Waals surface area contributed by atoms with Crippen molar-refractivity contribution in [3.05, 3.63) is 61.5 Å². The first kappa shape index (κ1) is 24.3. The molecule has 0 bridgehead atoms. The molecule has 0 spiro atoms. The first-order valence-electron chi connectivity index (χ1n) is 11.5. The maximum absolute atomic E-state index is 13.4. The van der Waals surface area contributed by atoms with Crippen LogP contribution in [-0.2, 0) is 20.1 Å². The lowest BCUT2D eigenvalue weighted by molar-refractivity contribution is 0.204. The second-order valence-electron chi connectivity index (χ2n) is 9.35. The number of aliphatic hydroxyl groups is 1. The third-order valence-corrected chi connectivity index (χ3v) is 6.73. The van der Waals surface area contributed by atoms with Crippen LogP contribution in [-0.4, -0.2) is 53.9 Å². The lowest BCUT2D eigenvalue weighted by Crippen LogP contribution is -2.41. The fourth-order valence-electron chi connectivity index (χ4n) is 4.03. The number of benzene rings is 1. The summed E-state index contributed by atoms with van der Waals surface area (Å²) in [6.45, 7) is 4.51. The Bertz CT molecular complexity index is 1380. The summed E-state index contributed by atoms with van der Waals surface area (Å²) in [7, 11) is 3.67. The molecule has 3 aromatic rings. The Balaban J connectivity index is 1.90. The van der Waals surface area contributed by atoms with Crippen LogP contribution in [0.5, 0.6) is 0 Å². The summed E-state index contributed by atoms with van der Waals surface area (Å²) >= 11 is 6.05. The van der Waals surface area contributed by atoms with Gasteiger partial charge in [0.15, 0.2) is 17.0 Å². The molecular formula is C25H30ClN5O3. The molecule has 1 N–H and O–H groups in total. The van der Waals surface area contributed by atoms with Gasteiger partial charge in [-0.15, -0.1) is 0 Å². The smallest absolute Gasteiger partial charge is 0.332 e. The fourth-order valence-corrected chi connectivity index (χ4v) is 4.16. The van der Waals surface area contributed by atoms with E-state index in [2.05, 4.69) is 42.6 Å². The first-order valence-corrected chi connectivity index (χ1v) is 11.8. The van der Waals surface area contributed by atoms with Crippen molar-refractivity contribution in [2.24, 2.45) is 7.05 Å². The van der Waals surface area contributed by atoms with Crippen LogP contribution in [0.1, 0.15) is 44.5 Å². The topological polar surface area (TPSA) is 85.3 Å². The Morgan fingerprint density at radius 1 is 1.21 bits per heavy atom. The van der Waals surface area contributed by atoms with E-state index in [9.17, 15) is 14.7 Å². The summed E-state index contributed by atoms with van der Waals surface area (Å²) in [4.78, 5) is 33.2. The van der Waals surface area contributed by atoms with Gasteiger partial charge in [-0.1, -0.05) is 29.7 Å². The van der Waals surface area contributed by atoms with Gasteiger partial charge in [-0.25, -0.2) is 9.78 Å². The zero-order valence-electron chi connectivity index (χ0n) is 20.0. The summed E-state index contributed by atoms with van der Waals surface area (Å²) in [5, 5.41) is 9.85. The monoisotopic (exact) mass is 483 g/mol. The highest BCUT2D eigenvalue weighted by atomic mass is 35.5. The lowest BCUT2D eigenvalue weighted by Gasteiger charge is -2.30. The highest BCUT2D eigenvalue weighted by molar-refractivity contribution is 6.30. The second kappa shape index (κ2) is 9.41. The Morgan fingerprint density at radius 2 is 1.88 bits per heavy atom. The molecule has 0 unspecified atom stereocenters. The van der Waals surface area contributed by atoms with Crippen molar-refractivity contribution in [3.63, 3.8) is 0 Å². The predicted molar refractivity (Wildman–Crippen MR) is 133 cm³/mol. The van der Waals surface area contributed by atoms with E-state index < -0.39 is 11.2 Å². The molecule has 1 fully saturated rings. The number of imidazole rings is 1. The number of halogens is 1. The van der Waals surface area contributed by atoms with E-state index in [0.717, 1.165) is 10.1 Å². The number of nitrogens with zero attached hydrogens (tertiary/aromatic N) is 5. The van der Waals surface area contributed by atoms with E-state index in [1.165, 1.54) is 17.4 Å². The quantitative estimate of drug-likeness (QED) is 0.521. The molecule has 0 aliphatic heterocycles. The van der Waals surface area contributed by atoms with Crippen molar-refractivity contribution in [1.82, 2.24) is 23.6 Å². The van der Waals surface area contributed by atoms with Crippen LogP contribution < -0.4 is 11.2 Å². The van der Waals surface area contributed by atoms with Gasteiger partial charge in [0.05, 0.1) is 12.1 Å². The number of hydrogen-bond donors (Lipinski definition) is 1. The van der Waals surface area contributed by atoms with Crippen LogP contribution >= 0.6 is 11.6 Å². The molecule has 0 radical (unpaired) electrons. The maximum atomic E-state index is 13.4. The molecule has 8 nitrogen and oxygen atoms in total. The van der Waals surface area contributed by atoms with Crippen molar-refractivity contribution in [2.45, 2.75) is 57.8 Å². The summed E-state index contributed by atoms with van der Waals surface area (Å²) in [5.74, 6) is 6.97. The van der Waals surface area contributed by atoms with Crippen molar-refractivity contribution >= 4 is 22.8 Å². The molecular weight excluding hydrogens is 454 g/mol. The molecule has 0 atom stereocenters. The molecule has 9 heteroatoms. The number of aromatic nitrogens is 4. The molecule has 0 saturated heterocycles. The van der Waals surface area contributed by atoms with Crippen LogP contribution in [0.15, 0.2) is 33.9 Å². The van der Waals surface area contributed by atoms with Gasteiger partial charge in [0.2, 0.25) is 0 Å². The minimum Gasteiger partial charge on any atom is -0.396 e. The third-order valence-electron chi connectivity index (χ3n) is 6.48. The molecule has 4 rings (SSSR count). The van der Waals surface area contributed by atoms with E-state index in [-0.39, 0.29) is 18.7 Å². The number of hydrogen-bond acceptors (Lipinski definition) is 5. The first-order chi connectivity index (χ1) is 16.1. The summed E-state index contributed by atoms with van der Waals surface area (Å²) in [6.07, 6.45) is 2.65. The van der Waals surface area contributed by atoms with E-state index in [1.807, 2.05) is 12.1 Å². The summed E-state index contributed by atoms with van der Waals surface area (Å²) < 4.78 is 4.30. The second-order valence-corrected chi connectivity index (χ2v) is 9.78. The van der Waals surface area contributed by atoms with Gasteiger partial charge in [0.1, 0.15) is 0 Å². The van der Waals surface area contributed by atoms with Crippen LogP contribution in [0.4, 0.5) is 0 Å². The van der Waals surface area contributed by atoms with Crippen molar-refractivity contribution in [3.8, 4) is 11.8 Å². The standard InChI is InChI=1S/C25H30ClN5O3/c1-25(2,29(4)19-10-11-19)13-12-20-27-22-21(31(20)16-17-6-8-18(26)9-7-17)23(33)30(14-5-15-32)24(34)28(22)3/h6-9,19,32H,5,10-11,14-16H2,1-4H3. The lowest BCUT2D eigenvalue weighted by atomic mass is 10.0. The van der Waals surface area contributed by atoms with Gasteiger partial charge < -0.3 is 9.67 Å². The summed E-state index contributed by atoms with van der Waals surface area (Å²) in [5.41, 5.74) is 0.258. The average Bonchev–Trinajstić information content (AvgIpc) is 3.59. The molecule has 180 valence electrons. The molecule has 1 aliphatic rings. The largest absolute Gasteiger partial charge is 0.396 e. The van der Waals surface area contributed by atoms with Crippen LogP contribution in [0, 0.1) is 11.8 Å². The van der Waals surface area contributed by atoms with E-state index >= 15 is 0 Å². The van der Waals surface area contributed by atoms with Crippen LogP contribution in [0.2, 0.25) is 5.02 Å². The van der Waals surface area contributed by atoms with Gasteiger partial charge in [0.25, 0.3) is 5.56 Å². The Labute approximate surface area is 203 Å². The molecule has 2 aromatic heterocycles. The molecule has 1 saturated carbocycles. The minimum absolute atomic E-state index is 0.113. The number of rotatable bonds is 7. The molecule has 1 aromatic carbocycles. The Kier molecular flexibility index (Phi) is 6.72. The van der Waals surface area contributed by atoms with Gasteiger partial charge >= 0.3 is 5.69 Å². The molecule has 34 heavy (non-hydrogen) atoms. The highest BCUT2D eigenvalue weighted by Gasteiger charge is 2.34. The van der Waals surface area contributed by atoms with E-state index in [1.54, 1.807) is 23.7 Å². The molecule has 0 amide bonds. The Morgan fingerprint density at radius 3 is 2.50 bits per heavy atom. The van der Waals surface area contributed by atoms with E-state index in [4.69, 9.17) is 11.6 Å². The molecule has 1 aliphatic carbocycles. The van der Waals surface area contributed by atoms with Crippen molar-refractivity contribution in [2.75, 3.05) is 13.7 Å². The van der Waals surface area contributed by atoms with Gasteiger partial charge in [-0.05, 0) is 63.8 Å². The van der Waals surface area contributed by atoms with Crippen LogP contribution in [0.25, 0.3) is 11.2 Å². The van der Waals surface area contributed by atoms with Gasteiger partial charge in [0, 0.05) is 31.3 Å². The third kappa shape index (κ3) is 4.69. The summed E-state index contributed by atoms with van der Waals surface area (Å²) in [6, 6.07) is 7.91. The fraction of sp³-hybridized carbons (Fsp3) is 0.480. The maximum Gasteiger partial charge on any atom is 0.332 e. The van der Waals surface area contributed by atoms with Crippen molar-refractivity contribution < 1.29 is 5.11 Å². The average molecular weight is 484 g/mol.